The summed E-state index contributed by atoms with van der Waals surface area (Å²) in [6.45, 7) is 0.397. The van der Waals surface area contributed by atoms with Gasteiger partial charge in [-0.15, -0.1) is 11.8 Å². The van der Waals surface area contributed by atoms with E-state index in [1.807, 2.05) is 18.2 Å². The van der Waals surface area contributed by atoms with Gasteiger partial charge in [0.05, 0.1) is 24.2 Å². The van der Waals surface area contributed by atoms with Gasteiger partial charge in [0.15, 0.2) is 0 Å². The first kappa shape index (κ1) is 19.7. The number of carbonyl (C=O) groups excluding carboxylic acids is 2. The van der Waals surface area contributed by atoms with E-state index >= 15 is 0 Å². The van der Waals surface area contributed by atoms with Crippen LogP contribution in [0.25, 0.3) is 0 Å². The van der Waals surface area contributed by atoms with Crippen molar-refractivity contribution in [2.45, 2.75) is 11.9 Å². The van der Waals surface area contributed by atoms with Gasteiger partial charge in [0.25, 0.3) is 5.91 Å². The molecule has 2 amide bonds. The Balaban J connectivity index is 1.48. The third-order valence-electron chi connectivity index (χ3n) is 4.51. The number of furan rings is 1. The molecule has 1 aliphatic rings. The minimum atomic E-state index is -0.515. The van der Waals surface area contributed by atoms with Gasteiger partial charge in [-0.25, -0.2) is 4.39 Å². The smallest absolute Gasteiger partial charge is 0.255 e. The van der Waals surface area contributed by atoms with Gasteiger partial charge in [0.2, 0.25) is 5.91 Å². The minimum Gasteiger partial charge on any atom is -0.467 e. The fraction of sp³-hybridized carbons (Fsp3) is 0.143. The summed E-state index contributed by atoms with van der Waals surface area (Å²) in [5, 5.41) is 2.43. The molecule has 29 heavy (non-hydrogen) atoms. The van der Waals surface area contributed by atoms with E-state index in [1.165, 1.54) is 23.9 Å². The molecule has 0 saturated carbocycles. The third kappa shape index (κ3) is 4.38. The molecule has 0 unspecified atom stereocenters. The van der Waals surface area contributed by atoms with Crippen molar-refractivity contribution in [1.29, 1.82) is 0 Å². The summed E-state index contributed by atoms with van der Waals surface area (Å²) in [7, 11) is 0. The third-order valence-corrected chi connectivity index (χ3v) is 6.26. The van der Waals surface area contributed by atoms with E-state index in [9.17, 15) is 14.0 Å². The van der Waals surface area contributed by atoms with Gasteiger partial charge in [-0.1, -0.05) is 28.1 Å². The summed E-state index contributed by atoms with van der Waals surface area (Å²) in [4.78, 5) is 26.5. The Hall–Kier alpha value is -2.58. The highest BCUT2D eigenvalue weighted by Crippen LogP contribution is 2.39. The molecule has 4 rings (SSSR count). The second kappa shape index (κ2) is 8.42. The number of anilines is 1. The molecule has 148 valence electrons. The second-order valence-corrected chi connectivity index (χ2v) is 8.45. The zero-order chi connectivity index (χ0) is 20.4. The normalized spacial score (nSPS) is 16.3. The largest absolute Gasteiger partial charge is 0.467 e. The molecule has 1 N–H and O–H groups in total. The maximum absolute atomic E-state index is 13.9. The van der Waals surface area contributed by atoms with Crippen molar-refractivity contribution < 1.29 is 18.4 Å². The Morgan fingerprint density at radius 3 is 2.72 bits per heavy atom. The zero-order valence-electron chi connectivity index (χ0n) is 15.1. The van der Waals surface area contributed by atoms with Crippen LogP contribution in [-0.2, 0) is 11.3 Å². The van der Waals surface area contributed by atoms with Crippen molar-refractivity contribution in [3.8, 4) is 0 Å². The molecule has 1 atom stereocenters. The van der Waals surface area contributed by atoms with Crippen molar-refractivity contribution in [2.24, 2.45) is 0 Å². The number of halogens is 2. The summed E-state index contributed by atoms with van der Waals surface area (Å²) in [6, 6.07) is 15.1. The summed E-state index contributed by atoms with van der Waals surface area (Å²) >= 11 is 4.72. The molecular weight excluding hydrogens is 459 g/mol. The Kier molecular flexibility index (Phi) is 5.73. The zero-order valence-corrected chi connectivity index (χ0v) is 17.5. The summed E-state index contributed by atoms with van der Waals surface area (Å²) in [5.41, 5.74) is 1.44. The van der Waals surface area contributed by atoms with Crippen molar-refractivity contribution in [3.05, 3.63) is 88.0 Å². The Bertz CT molecular complexity index is 1040. The van der Waals surface area contributed by atoms with E-state index in [2.05, 4.69) is 21.2 Å². The Morgan fingerprint density at radius 2 is 2.03 bits per heavy atom. The fourth-order valence-corrected chi connectivity index (χ4v) is 4.58. The van der Waals surface area contributed by atoms with Crippen LogP contribution < -0.4 is 5.32 Å². The minimum absolute atomic E-state index is 0.0453. The number of nitrogens with zero attached hydrogens (tertiary/aromatic N) is 1. The lowest BCUT2D eigenvalue weighted by molar-refractivity contribution is -0.128. The quantitative estimate of drug-likeness (QED) is 0.551. The lowest BCUT2D eigenvalue weighted by Crippen LogP contribution is -2.27. The van der Waals surface area contributed by atoms with Crippen molar-refractivity contribution in [3.63, 3.8) is 0 Å². The van der Waals surface area contributed by atoms with Crippen molar-refractivity contribution in [1.82, 2.24) is 4.90 Å². The lowest BCUT2D eigenvalue weighted by atomic mass is 10.1. The number of rotatable bonds is 5. The van der Waals surface area contributed by atoms with E-state index in [1.54, 1.807) is 35.4 Å². The molecule has 1 fully saturated rings. The van der Waals surface area contributed by atoms with E-state index in [0.717, 1.165) is 11.3 Å². The number of hydrogen-bond donors (Lipinski definition) is 1. The number of nitrogens with one attached hydrogen (secondary N) is 1. The van der Waals surface area contributed by atoms with Crippen LogP contribution in [0.2, 0.25) is 0 Å². The number of thioether (sulfide) groups is 1. The second-order valence-electron chi connectivity index (χ2n) is 6.46. The fourth-order valence-electron chi connectivity index (χ4n) is 3.06. The summed E-state index contributed by atoms with van der Waals surface area (Å²) in [5.74, 6) is 0.248. The van der Waals surface area contributed by atoms with Crippen LogP contribution in [0.5, 0.6) is 0 Å². The van der Waals surface area contributed by atoms with Crippen LogP contribution in [0.1, 0.15) is 27.1 Å². The highest BCUT2D eigenvalue weighted by Gasteiger charge is 2.33. The van der Waals surface area contributed by atoms with Gasteiger partial charge in [-0.2, -0.15) is 0 Å². The molecule has 0 radical (unpaired) electrons. The number of hydrogen-bond acceptors (Lipinski definition) is 4. The average molecular weight is 475 g/mol. The summed E-state index contributed by atoms with van der Waals surface area (Å²) in [6.07, 6.45) is 1.58. The van der Waals surface area contributed by atoms with Crippen LogP contribution >= 0.6 is 27.7 Å². The molecule has 0 aliphatic carbocycles. The van der Waals surface area contributed by atoms with Gasteiger partial charge in [-0.3, -0.25) is 9.59 Å². The molecule has 0 bridgehead atoms. The first-order chi connectivity index (χ1) is 14.0. The van der Waals surface area contributed by atoms with Gasteiger partial charge < -0.3 is 14.6 Å². The molecule has 5 nitrogen and oxygen atoms in total. The molecule has 1 aromatic heterocycles. The number of carbonyl (C=O) groups is 2. The molecule has 2 aromatic carbocycles. The van der Waals surface area contributed by atoms with Crippen LogP contribution in [0, 0.1) is 5.82 Å². The molecule has 8 heteroatoms. The van der Waals surface area contributed by atoms with E-state index in [-0.39, 0.29) is 17.0 Å². The molecule has 1 saturated heterocycles. The highest BCUT2D eigenvalue weighted by molar-refractivity contribution is 9.10. The maximum atomic E-state index is 13.9. The number of amides is 2. The molecule has 2 heterocycles. The SMILES string of the molecule is O=C(Nc1ccc(Br)cc1F)c1ccc([C@H]2SCC(=O)N2Cc2ccco2)cc1. The number of benzene rings is 2. The van der Waals surface area contributed by atoms with Crippen LogP contribution in [0.15, 0.2) is 69.8 Å². The van der Waals surface area contributed by atoms with Crippen LogP contribution in [0.3, 0.4) is 0 Å². The van der Waals surface area contributed by atoms with Gasteiger partial charge in [-0.05, 0) is 48.0 Å². The van der Waals surface area contributed by atoms with Gasteiger partial charge in [0, 0.05) is 10.0 Å². The first-order valence-corrected chi connectivity index (χ1v) is 10.7. The van der Waals surface area contributed by atoms with Crippen LogP contribution in [-0.4, -0.2) is 22.5 Å². The monoisotopic (exact) mass is 474 g/mol. The predicted molar refractivity (Wildman–Crippen MR) is 113 cm³/mol. The Labute approximate surface area is 179 Å². The lowest BCUT2D eigenvalue weighted by Gasteiger charge is -2.23. The standard InChI is InChI=1S/C21H16BrFN2O3S/c22-15-7-8-18(17(23)10-15)24-20(27)13-3-5-14(6-4-13)21-25(19(26)12-29-21)11-16-2-1-9-28-16/h1-10,21H,11-12H2,(H,24,27)/t21-/m1/s1. The van der Waals surface area contributed by atoms with Gasteiger partial charge >= 0.3 is 0 Å². The average Bonchev–Trinajstić information content (AvgIpc) is 3.35. The Morgan fingerprint density at radius 1 is 1.24 bits per heavy atom. The van der Waals surface area contributed by atoms with Gasteiger partial charge in [0.1, 0.15) is 17.0 Å². The molecule has 0 spiro atoms. The summed E-state index contributed by atoms with van der Waals surface area (Å²) < 4.78 is 19.9. The van der Waals surface area contributed by atoms with Crippen molar-refractivity contribution >= 4 is 45.2 Å². The van der Waals surface area contributed by atoms with E-state index in [4.69, 9.17) is 4.42 Å². The molecule has 3 aromatic rings. The van der Waals surface area contributed by atoms with E-state index in [0.29, 0.717) is 22.3 Å². The van der Waals surface area contributed by atoms with Crippen LogP contribution in [0.4, 0.5) is 10.1 Å². The van der Waals surface area contributed by atoms with E-state index < -0.39 is 11.7 Å². The maximum Gasteiger partial charge on any atom is 0.255 e. The molecular formula is C21H16BrFN2O3S. The predicted octanol–water partition coefficient (Wildman–Crippen LogP) is 5.21. The molecule has 1 aliphatic heterocycles. The van der Waals surface area contributed by atoms with Crippen molar-refractivity contribution in [2.75, 3.05) is 11.1 Å². The topological polar surface area (TPSA) is 62.6 Å². The highest BCUT2D eigenvalue weighted by atomic mass is 79.9. The first-order valence-electron chi connectivity index (χ1n) is 8.81.